The zero-order chi connectivity index (χ0) is 25.9. The Bertz CT molecular complexity index is 1320. The van der Waals surface area contributed by atoms with E-state index in [1.807, 2.05) is 52.0 Å². The number of nitrogens with zero attached hydrogens (tertiary/aromatic N) is 3. The van der Waals surface area contributed by atoms with E-state index in [0.29, 0.717) is 42.7 Å². The Balaban J connectivity index is 1.46. The number of hydrogen-bond acceptors (Lipinski definition) is 6. The van der Waals surface area contributed by atoms with Gasteiger partial charge in [-0.15, -0.1) is 0 Å². The Kier molecular flexibility index (Phi) is 7.19. The van der Waals surface area contributed by atoms with Crippen LogP contribution in [0.4, 0.5) is 26.4 Å². The van der Waals surface area contributed by atoms with Gasteiger partial charge in [0.15, 0.2) is 0 Å². The molecule has 2 N–H and O–H groups in total. The highest BCUT2D eigenvalue weighted by molar-refractivity contribution is 6.02. The molecule has 36 heavy (non-hydrogen) atoms. The number of ether oxygens (including phenoxy) is 1. The minimum Gasteiger partial charge on any atom is -0.444 e. The van der Waals surface area contributed by atoms with Gasteiger partial charge in [-0.3, -0.25) is 4.79 Å². The van der Waals surface area contributed by atoms with E-state index in [-0.39, 0.29) is 11.8 Å². The van der Waals surface area contributed by atoms with Crippen molar-refractivity contribution in [2.24, 2.45) is 0 Å². The molecule has 0 spiro atoms. The maximum atomic E-state index is 14.8. The Morgan fingerprint density at radius 1 is 1.11 bits per heavy atom. The number of carbonyl (C=O) groups is 2. The van der Waals surface area contributed by atoms with Crippen LogP contribution in [0.3, 0.4) is 0 Å². The average Bonchev–Trinajstić information content (AvgIpc) is 2.79. The van der Waals surface area contributed by atoms with Gasteiger partial charge >= 0.3 is 6.09 Å². The molecular weight excluding hydrogens is 461 g/mol. The van der Waals surface area contributed by atoms with Crippen molar-refractivity contribution in [3.05, 3.63) is 65.8 Å². The summed E-state index contributed by atoms with van der Waals surface area (Å²) in [6.07, 6.45) is 3.58. The molecule has 1 fully saturated rings. The van der Waals surface area contributed by atoms with Crippen molar-refractivity contribution in [1.29, 1.82) is 0 Å². The van der Waals surface area contributed by atoms with Gasteiger partial charge < -0.3 is 20.3 Å². The van der Waals surface area contributed by atoms with Crippen LogP contribution in [-0.4, -0.2) is 45.6 Å². The number of rotatable bonds is 4. The number of aryl methyl sites for hydroxylation is 1. The Hall–Kier alpha value is -4.01. The van der Waals surface area contributed by atoms with E-state index in [2.05, 4.69) is 20.6 Å². The molecule has 1 saturated heterocycles. The summed E-state index contributed by atoms with van der Waals surface area (Å²) in [4.78, 5) is 35.0. The molecular formula is C27H30FN5O3. The van der Waals surface area contributed by atoms with E-state index in [4.69, 9.17) is 4.74 Å². The highest BCUT2D eigenvalue weighted by Crippen LogP contribution is 2.28. The monoisotopic (exact) mass is 491 g/mol. The number of aromatic nitrogens is 2. The van der Waals surface area contributed by atoms with Gasteiger partial charge in [0.1, 0.15) is 23.6 Å². The third-order valence-corrected chi connectivity index (χ3v) is 5.66. The van der Waals surface area contributed by atoms with Gasteiger partial charge in [0.2, 0.25) is 5.91 Å². The number of likely N-dealkylation sites (tertiary alicyclic amines) is 1. The fourth-order valence-corrected chi connectivity index (χ4v) is 3.93. The molecule has 0 radical (unpaired) electrons. The highest BCUT2D eigenvalue weighted by Gasteiger charge is 2.25. The summed E-state index contributed by atoms with van der Waals surface area (Å²) >= 11 is 0. The molecule has 0 unspecified atom stereocenters. The fraction of sp³-hybridized carbons (Fsp3) is 0.333. The second kappa shape index (κ2) is 10.3. The van der Waals surface area contributed by atoms with Crippen LogP contribution < -0.4 is 10.6 Å². The molecule has 2 aromatic carbocycles. The van der Waals surface area contributed by atoms with E-state index in [0.717, 1.165) is 16.8 Å². The van der Waals surface area contributed by atoms with Crippen molar-refractivity contribution >= 4 is 40.1 Å². The van der Waals surface area contributed by atoms with Crippen LogP contribution in [0.25, 0.3) is 10.9 Å². The second-order valence-corrected chi connectivity index (χ2v) is 9.83. The number of nitrogens with one attached hydrogen (secondary N) is 2. The van der Waals surface area contributed by atoms with Crippen molar-refractivity contribution in [3.63, 3.8) is 0 Å². The third-order valence-electron chi connectivity index (χ3n) is 5.66. The number of anilines is 3. The quantitative estimate of drug-likeness (QED) is 0.454. The number of halogens is 1. The van der Waals surface area contributed by atoms with Crippen LogP contribution in [0.15, 0.2) is 54.4 Å². The maximum absolute atomic E-state index is 14.8. The zero-order valence-corrected chi connectivity index (χ0v) is 20.9. The molecule has 0 atom stereocenters. The molecule has 8 nitrogen and oxygen atoms in total. The summed E-state index contributed by atoms with van der Waals surface area (Å²) in [6, 6.07) is 10.6. The first-order valence-electron chi connectivity index (χ1n) is 11.8. The summed E-state index contributed by atoms with van der Waals surface area (Å²) in [5.41, 5.74) is 2.71. The first kappa shape index (κ1) is 25.1. The second-order valence-electron chi connectivity index (χ2n) is 9.83. The van der Waals surface area contributed by atoms with Gasteiger partial charge in [0.25, 0.3) is 0 Å². The summed E-state index contributed by atoms with van der Waals surface area (Å²) in [5.74, 6) is -0.512. The highest BCUT2D eigenvalue weighted by atomic mass is 19.1. The van der Waals surface area contributed by atoms with E-state index in [9.17, 15) is 14.0 Å². The third kappa shape index (κ3) is 6.35. The predicted octanol–water partition coefficient (Wildman–Crippen LogP) is 5.72. The fourth-order valence-electron chi connectivity index (χ4n) is 3.93. The topological polar surface area (TPSA) is 96.5 Å². The summed E-state index contributed by atoms with van der Waals surface area (Å²) < 4.78 is 20.2. The van der Waals surface area contributed by atoms with Crippen LogP contribution in [0.1, 0.15) is 39.2 Å². The van der Waals surface area contributed by atoms with E-state index in [1.54, 1.807) is 4.90 Å². The minimum absolute atomic E-state index is 0.0395. The zero-order valence-electron chi connectivity index (χ0n) is 20.9. The van der Waals surface area contributed by atoms with E-state index >= 15 is 0 Å². The van der Waals surface area contributed by atoms with Crippen LogP contribution in [0.2, 0.25) is 0 Å². The van der Waals surface area contributed by atoms with Crippen molar-refractivity contribution in [3.8, 4) is 0 Å². The van der Waals surface area contributed by atoms with E-state index in [1.165, 1.54) is 24.5 Å². The average molecular weight is 492 g/mol. The molecule has 0 aliphatic carbocycles. The van der Waals surface area contributed by atoms with Crippen LogP contribution in [0, 0.1) is 12.7 Å². The summed E-state index contributed by atoms with van der Waals surface area (Å²) in [6.45, 7) is 8.38. The maximum Gasteiger partial charge on any atom is 0.410 e. The number of fused-ring (bicyclic) bond motifs is 1. The first-order chi connectivity index (χ1) is 17.1. The van der Waals surface area contributed by atoms with Gasteiger partial charge in [0, 0.05) is 36.3 Å². The van der Waals surface area contributed by atoms with Gasteiger partial charge in [-0.25, -0.2) is 19.2 Å². The summed E-state index contributed by atoms with van der Waals surface area (Å²) in [5, 5.41) is 6.45. The molecule has 1 aromatic heterocycles. The van der Waals surface area contributed by atoms with Crippen LogP contribution >= 0.6 is 0 Å². The lowest BCUT2D eigenvalue weighted by molar-refractivity contribution is -0.112. The van der Waals surface area contributed by atoms with Gasteiger partial charge in [-0.2, -0.15) is 0 Å². The number of hydrogen-bond donors (Lipinski definition) is 2. The Morgan fingerprint density at radius 3 is 2.56 bits per heavy atom. The summed E-state index contributed by atoms with van der Waals surface area (Å²) in [7, 11) is 0. The standard InChI is InChI=1S/C27H30FN5O3/c1-17-6-5-7-19(12-17)31-25-20-14-23(21(28)15-22(20)29-16-30-25)32-24(34)13-18-8-10-33(11-9-18)26(35)36-27(2,3)4/h5-7,12-16H,8-11H2,1-4H3,(H,32,34)(H,29,30,31). The molecule has 0 bridgehead atoms. The molecule has 2 amide bonds. The van der Waals surface area contributed by atoms with Gasteiger partial charge in [-0.05, 0) is 64.3 Å². The number of amides is 2. The molecule has 1 aliphatic rings. The molecule has 1 aliphatic heterocycles. The van der Waals surface area contributed by atoms with Gasteiger partial charge in [0.05, 0.1) is 11.2 Å². The molecule has 0 saturated carbocycles. The molecule has 3 aromatic rings. The molecule has 4 rings (SSSR count). The SMILES string of the molecule is Cc1cccc(Nc2ncnc3cc(F)c(NC(=O)C=C4CCN(C(=O)OC(C)(C)C)CC4)cc23)c1. The Morgan fingerprint density at radius 2 is 1.86 bits per heavy atom. The molecule has 9 heteroatoms. The van der Waals surface area contributed by atoms with Crippen molar-refractivity contribution < 1.29 is 18.7 Å². The molecule has 2 heterocycles. The Labute approximate surface area is 209 Å². The first-order valence-corrected chi connectivity index (χ1v) is 11.8. The number of carbonyl (C=O) groups excluding carboxylic acids is 2. The molecule has 188 valence electrons. The lowest BCUT2D eigenvalue weighted by Gasteiger charge is -2.30. The van der Waals surface area contributed by atoms with Crippen molar-refractivity contribution in [1.82, 2.24) is 14.9 Å². The number of piperidine rings is 1. The smallest absolute Gasteiger partial charge is 0.410 e. The van der Waals surface area contributed by atoms with Crippen molar-refractivity contribution in [2.75, 3.05) is 23.7 Å². The number of benzene rings is 2. The lowest BCUT2D eigenvalue weighted by Crippen LogP contribution is -2.40. The lowest BCUT2D eigenvalue weighted by atomic mass is 10.0. The van der Waals surface area contributed by atoms with Crippen LogP contribution in [0.5, 0.6) is 0 Å². The normalized spacial score (nSPS) is 13.9. The minimum atomic E-state index is -0.589. The van der Waals surface area contributed by atoms with Crippen molar-refractivity contribution in [2.45, 2.75) is 46.1 Å². The largest absolute Gasteiger partial charge is 0.444 e. The van der Waals surface area contributed by atoms with Crippen LogP contribution in [-0.2, 0) is 9.53 Å². The predicted molar refractivity (Wildman–Crippen MR) is 138 cm³/mol. The van der Waals surface area contributed by atoms with Gasteiger partial charge in [-0.1, -0.05) is 17.7 Å². The van der Waals surface area contributed by atoms with E-state index < -0.39 is 17.3 Å².